The van der Waals surface area contributed by atoms with Crippen LogP contribution >= 0.6 is 11.3 Å². The van der Waals surface area contributed by atoms with E-state index in [1.165, 1.54) is 22.6 Å². The third-order valence-corrected chi connectivity index (χ3v) is 3.68. The normalized spacial score (nSPS) is 19.7. The summed E-state index contributed by atoms with van der Waals surface area (Å²) in [5, 5.41) is 0. The fourth-order valence-corrected chi connectivity index (χ4v) is 2.32. The molecule has 1 atom stereocenters. The molecule has 2 nitrogen and oxygen atoms in total. The van der Waals surface area contributed by atoms with E-state index in [-0.39, 0.29) is 6.04 Å². The molecule has 1 aromatic rings. The molecule has 0 bridgehead atoms. The maximum atomic E-state index is 5.88. The van der Waals surface area contributed by atoms with Gasteiger partial charge in [-0.15, -0.1) is 11.3 Å². The van der Waals surface area contributed by atoms with Gasteiger partial charge in [0.15, 0.2) is 0 Å². The smallest absolute Gasteiger partial charge is 0.0976 e. The molecule has 2 N–H and O–H groups in total. The highest BCUT2D eigenvalue weighted by molar-refractivity contribution is 7.12. The number of aliphatic imine (C=N–C) groups is 1. The van der Waals surface area contributed by atoms with Crippen LogP contribution in [0, 0.1) is 12.8 Å². The van der Waals surface area contributed by atoms with Crippen molar-refractivity contribution >= 4 is 17.2 Å². The van der Waals surface area contributed by atoms with Gasteiger partial charge in [0.1, 0.15) is 0 Å². The van der Waals surface area contributed by atoms with Gasteiger partial charge in [0.2, 0.25) is 0 Å². The molecule has 0 aromatic carbocycles. The molecule has 1 saturated carbocycles. The number of rotatable bonds is 3. The zero-order valence-corrected chi connectivity index (χ0v) is 9.47. The molecule has 0 amide bonds. The van der Waals surface area contributed by atoms with Crippen molar-refractivity contribution in [1.29, 1.82) is 0 Å². The van der Waals surface area contributed by atoms with Crippen molar-refractivity contribution in [2.45, 2.75) is 32.7 Å². The lowest BCUT2D eigenvalue weighted by molar-refractivity contribution is 0.827. The van der Waals surface area contributed by atoms with Crippen molar-refractivity contribution in [2.75, 3.05) is 0 Å². The first-order valence-corrected chi connectivity index (χ1v) is 5.88. The molecule has 1 aliphatic rings. The molecule has 1 heterocycles. The predicted octanol–water partition coefficient (Wildman–Crippen LogP) is 2.88. The van der Waals surface area contributed by atoms with E-state index in [4.69, 9.17) is 5.73 Å². The van der Waals surface area contributed by atoms with Crippen LogP contribution in [0.5, 0.6) is 0 Å². The van der Waals surface area contributed by atoms with Crippen LogP contribution in [0.3, 0.4) is 0 Å². The molecule has 1 unspecified atom stereocenters. The summed E-state index contributed by atoms with van der Waals surface area (Å²) in [4.78, 5) is 7.18. The third kappa shape index (κ3) is 2.15. The first-order valence-electron chi connectivity index (χ1n) is 5.06. The highest BCUT2D eigenvalue weighted by atomic mass is 32.1. The summed E-state index contributed by atoms with van der Waals surface area (Å²) in [7, 11) is 0. The highest BCUT2D eigenvalue weighted by Gasteiger charge is 2.25. The Bertz CT molecular complexity index is 350. The van der Waals surface area contributed by atoms with Gasteiger partial charge in [-0.2, -0.15) is 0 Å². The number of thiophene rings is 1. The fourth-order valence-electron chi connectivity index (χ4n) is 1.45. The van der Waals surface area contributed by atoms with Crippen LogP contribution < -0.4 is 5.73 Å². The summed E-state index contributed by atoms with van der Waals surface area (Å²) in [5.41, 5.74) is 5.88. The minimum absolute atomic E-state index is 0.231. The van der Waals surface area contributed by atoms with Crippen molar-refractivity contribution in [3.8, 4) is 0 Å². The summed E-state index contributed by atoms with van der Waals surface area (Å²) >= 11 is 1.81. The van der Waals surface area contributed by atoms with Crippen molar-refractivity contribution < 1.29 is 0 Å². The number of aryl methyl sites for hydroxylation is 1. The van der Waals surface area contributed by atoms with Gasteiger partial charge in [0.25, 0.3) is 0 Å². The van der Waals surface area contributed by atoms with Crippen LogP contribution in [0.25, 0.3) is 0 Å². The minimum Gasteiger partial charge on any atom is -0.387 e. The summed E-state index contributed by atoms with van der Waals surface area (Å²) in [6.45, 7) is 4.23. The van der Waals surface area contributed by atoms with Crippen molar-refractivity contribution in [3.05, 3.63) is 21.9 Å². The van der Waals surface area contributed by atoms with E-state index in [1.54, 1.807) is 0 Å². The molecule has 0 spiro atoms. The number of amidine groups is 1. The molecule has 76 valence electrons. The van der Waals surface area contributed by atoms with E-state index >= 15 is 0 Å². The Balaban J connectivity index is 2.07. The first kappa shape index (κ1) is 9.71. The average molecular weight is 208 g/mol. The number of nitrogens with two attached hydrogens (primary N) is 1. The van der Waals surface area contributed by atoms with Crippen molar-refractivity contribution in [3.63, 3.8) is 0 Å². The standard InChI is InChI=1S/C11H16N2S/c1-7-3-6-10(14-7)8(2)13-11(12)9-4-5-9/h3,6,8-9H,4-5H2,1-2H3,(H2,12,13). The Kier molecular flexibility index (Phi) is 2.59. The zero-order valence-electron chi connectivity index (χ0n) is 8.66. The molecule has 0 aliphatic heterocycles. The molecule has 0 radical (unpaired) electrons. The topological polar surface area (TPSA) is 38.4 Å². The molecular weight excluding hydrogens is 192 g/mol. The van der Waals surface area contributed by atoms with Crippen LogP contribution in [0.4, 0.5) is 0 Å². The Morgan fingerprint density at radius 1 is 1.57 bits per heavy atom. The van der Waals surface area contributed by atoms with E-state index in [0.717, 1.165) is 5.84 Å². The number of hydrogen-bond donors (Lipinski definition) is 1. The zero-order chi connectivity index (χ0) is 10.1. The van der Waals surface area contributed by atoms with Gasteiger partial charge in [0, 0.05) is 15.7 Å². The number of hydrogen-bond acceptors (Lipinski definition) is 2. The highest BCUT2D eigenvalue weighted by Crippen LogP contribution is 2.31. The van der Waals surface area contributed by atoms with Crippen LogP contribution in [-0.2, 0) is 0 Å². The van der Waals surface area contributed by atoms with Crippen molar-refractivity contribution in [1.82, 2.24) is 0 Å². The Morgan fingerprint density at radius 2 is 2.29 bits per heavy atom. The second-order valence-corrected chi connectivity index (χ2v) is 5.27. The maximum absolute atomic E-state index is 5.88. The van der Waals surface area contributed by atoms with E-state index < -0.39 is 0 Å². The Hall–Kier alpha value is -0.830. The lowest BCUT2D eigenvalue weighted by atomic mass is 10.3. The van der Waals surface area contributed by atoms with Crippen LogP contribution in [0.2, 0.25) is 0 Å². The summed E-state index contributed by atoms with van der Waals surface area (Å²) in [5.74, 6) is 1.43. The molecular formula is C11H16N2S. The summed E-state index contributed by atoms with van der Waals surface area (Å²) in [6, 6.07) is 4.52. The van der Waals surface area contributed by atoms with Gasteiger partial charge in [-0.05, 0) is 38.8 Å². The number of nitrogens with zero attached hydrogens (tertiary/aromatic N) is 1. The second kappa shape index (κ2) is 3.73. The summed E-state index contributed by atoms with van der Waals surface area (Å²) in [6.07, 6.45) is 2.46. The van der Waals surface area contributed by atoms with Gasteiger partial charge in [-0.1, -0.05) is 0 Å². The minimum atomic E-state index is 0.231. The molecule has 1 aliphatic carbocycles. The molecule has 1 fully saturated rings. The van der Waals surface area contributed by atoms with Crippen LogP contribution in [0.1, 0.15) is 35.6 Å². The quantitative estimate of drug-likeness (QED) is 0.602. The van der Waals surface area contributed by atoms with E-state index in [2.05, 4.69) is 31.0 Å². The largest absolute Gasteiger partial charge is 0.387 e. The first-order chi connectivity index (χ1) is 6.66. The van der Waals surface area contributed by atoms with E-state index in [0.29, 0.717) is 5.92 Å². The van der Waals surface area contributed by atoms with Crippen LogP contribution in [0.15, 0.2) is 17.1 Å². The van der Waals surface area contributed by atoms with Crippen molar-refractivity contribution in [2.24, 2.45) is 16.6 Å². The second-order valence-electron chi connectivity index (χ2n) is 3.95. The van der Waals surface area contributed by atoms with Gasteiger partial charge in [-0.3, -0.25) is 4.99 Å². The van der Waals surface area contributed by atoms with Gasteiger partial charge >= 0.3 is 0 Å². The monoisotopic (exact) mass is 208 g/mol. The van der Waals surface area contributed by atoms with E-state index in [9.17, 15) is 0 Å². The lowest BCUT2D eigenvalue weighted by Gasteiger charge is -2.04. The predicted molar refractivity (Wildman–Crippen MR) is 61.8 cm³/mol. The third-order valence-electron chi connectivity index (χ3n) is 2.51. The average Bonchev–Trinajstić information content (AvgIpc) is 2.89. The summed E-state index contributed by atoms with van der Waals surface area (Å²) < 4.78 is 0. The fraction of sp³-hybridized carbons (Fsp3) is 0.545. The SMILES string of the molecule is Cc1ccc(C(C)N=C(N)C2CC2)s1. The Labute approximate surface area is 88.9 Å². The molecule has 0 saturated heterocycles. The molecule has 2 rings (SSSR count). The Morgan fingerprint density at radius 3 is 2.79 bits per heavy atom. The maximum Gasteiger partial charge on any atom is 0.0976 e. The van der Waals surface area contributed by atoms with Gasteiger partial charge < -0.3 is 5.73 Å². The van der Waals surface area contributed by atoms with E-state index in [1.807, 2.05) is 11.3 Å². The lowest BCUT2D eigenvalue weighted by Crippen LogP contribution is -2.14. The molecule has 1 aromatic heterocycles. The van der Waals surface area contributed by atoms with Crippen LogP contribution in [-0.4, -0.2) is 5.84 Å². The van der Waals surface area contributed by atoms with Gasteiger partial charge in [-0.25, -0.2) is 0 Å². The van der Waals surface area contributed by atoms with Gasteiger partial charge in [0.05, 0.1) is 11.9 Å². The molecule has 14 heavy (non-hydrogen) atoms. The molecule has 3 heteroatoms.